The fourth-order valence-corrected chi connectivity index (χ4v) is 5.86. The molecule has 6 nitrogen and oxygen atoms in total. The minimum atomic E-state index is -4.32. The molecule has 0 aromatic heterocycles. The second-order valence-electron chi connectivity index (χ2n) is 10.9. The molecule has 0 saturated carbocycles. The lowest BCUT2D eigenvalue weighted by atomic mass is 10.1. The van der Waals surface area contributed by atoms with E-state index < -0.39 is 11.7 Å². The fraction of sp³-hybridized carbons (Fsp3) is 0.533. The lowest BCUT2D eigenvalue weighted by Gasteiger charge is -2.36. The minimum Gasteiger partial charge on any atom is -0.369 e. The zero-order valence-electron chi connectivity index (χ0n) is 22.4. The summed E-state index contributed by atoms with van der Waals surface area (Å²) in [5.74, 6) is 0.255. The molecular formula is C30H37F3N4O2. The molecule has 2 amide bonds. The van der Waals surface area contributed by atoms with E-state index in [1.807, 2.05) is 32.9 Å². The maximum Gasteiger partial charge on any atom is 0.416 e. The van der Waals surface area contributed by atoms with Gasteiger partial charge in [0.05, 0.1) is 5.56 Å². The molecule has 2 saturated heterocycles. The normalized spacial score (nSPS) is 18.1. The van der Waals surface area contributed by atoms with Crippen molar-refractivity contribution in [3.05, 3.63) is 64.7 Å². The predicted molar refractivity (Wildman–Crippen MR) is 144 cm³/mol. The van der Waals surface area contributed by atoms with Crippen LogP contribution in [0.1, 0.15) is 65.6 Å². The van der Waals surface area contributed by atoms with Crippen LogP contribution in [-0.2, 0) is 24.1 Å². The van der Waals surface area contributed by atoms with Crippen molar-refractivity contribution in [2.24, 2.45) is 0 Å². The Hall–Kier alpha value is -3.07. The first-order valence-electron chi connectivity index (χ1n) is 14.1. The number of benzene rings is 2. The van der Waals surface area contributed by atoms with E-state index in [2.05, 4.69) is 4.90 Å². The fourth-order valence-electron chi connectivity index (χ4n) is 5.86. The molecule has 39 heavy (non-hydrogen) atoms. The average molecular weight is 543 g/mol. The van der Waals surface area contributed by atoms with Crippen LogP contribution in [0.4, 0.5) is 18.9 Å². The summed E-state index contributed by atoms with van der Waals surface area (Å²) in [5, 5.41) is 0. The number of likely N-dealkylation sites (tertiary alicyclic amines) is 1. The molecule has 3 heterocycles. The van der Waals surface area contributed by atoms with Crippen molar-refractivity contribution < 1.29 is 22.8 Å². The van der Waals surface area contributed by atoms with Gasteiger partial charge in [-0.15, -0.1) is 0 Å². The van der Waals surface area contributed by atoms with Gasteiger partial charge >= 0.3 is 6.18 Å². The van der Waals surface area contributed by atoms with Crippen molar-refractivity contribution in [3.8, 4) is 0 Å². The highest BCUT2D eigenvalue weighted by Gasteiger charge is 2.31. The third-order valence-electron chi connectivity index (χ3n) is 8.20. The van der Waals surface area contributed by atoms with E-state index in [9.17, 15) is 22.8 Å². The number of anilines is 1. The number of carbonyl (C=O) groups excluding carboxylic acids is 2. The standard InChI is InChI=1S/C30H37F3N4O2/c31-30(32,33)26-7-6-8-27(20-26)35-17-15-34(16-18-35)12-3-1-2-9-28(38)37-21-24-11-10-23(19-25(24)22-37)29(39)36-13-4-5-14-36/h6-8,10-11,19-20H,1-5,9,12-18,21-22H2. The van der Waals surface area contributed by atoms with Crippen LogP contribution in [0, 0.1) is 0 Å². The monoisotopic (exact) mass is 542 g/mol. The van der Waals surface area contributed by atoms with Gasteiger partial charge in [0.15, 0.2) is 0 Å². The maximum atomic E-state index is 13.0. The SMILES string of the molecule is O=C(CCCCCN1CCN(c2cccc(C(F)(F)F)c2)CC1)N1Cc2ccc(C(=O)N3CCCC3)cc2C1. The van der Waals surface area contributed by atoms with E-state index in [1.54, 1.807) is 6.07 Å². The number of unbranched alkanes of at least 4 members (excludes halogenated alkanes) is 2. The number of hydrogen-bond acceptors (Lipinski definition) is 4. The molecule has 2 fully saturated rings. The molecular weight excluding hydrogens is 505 g/mol. The summed E-state index contributed by atoms with van der Waals surface area (Å²) in [6, 6.07) is 11.4. The third-order valence-corrected chi connectivity index (χ3v) is 8.20. The summed E-state index contributed by atoms with van der Waals surface area (Å²) in [7, 11) is 0. The summed E-state index contributed by atoms with van der Waals surface area (Å²) in [6.45, 7) is 6.85. The molecule has 0 spiro atoms. The predicted octanol–water partition coefficient (Wildman–Crippen LogP) is 5.17. The number of alkyl halides is 3. The highest BCUT2D eigenvalue weighted by atomic mass is 19.4. The largest absolute Gasteiger partial charge is 0.416 e. The number of fused-ring (bicyclic) bond motifs is 1. The summed E-state index contributed by atoms with van der Waals surface area (Å²) < 4.78 is 39.1. The Kier molecular flexibility index (Phi) is 8.45. The van der Waals surface area contributed by atoms with Crippen molar-refractivity contribution in [3.63, 3.8) is 0 Å². The number of nitrogens with zero attached hydrogens (tertiary/aromatic N) is 4. The highest BCUT2D eigenvalue weighted by Crippen LogP contribution is 2.32. The van der Waals surface area contributed by atoms with Crippen LogP contribution in [0.25, 0.3) is 0 Å². The molecule has 0 unspecified atom stereocenters. The van der Waals surface area contributed by atoms with Crippen LogP contribution in [0.5, 0.6) is 0 Å². The molecule has 3 aliphatic rings. The molecule has 0 aliphatic carbocycles. The molecule has 5 rings (SSSR count). The van der Waals surface area contributed by atoms with Crippen LogP contribution in [0.15, 0.2) is 42.5 Å². The topological polar surface area (TPSA) is 47.1 Å². The second-order valence-corrected chi connectivity index (χ2v) is 10.9. The Morgan fingerprint density at radius 1 is 0.769 bits per heavy atom. The molecule has 9 heteroatoms. The average Bonchev–Trinajstić information content (AvgIpc) is 3.62. The van der Waals surface area contributed by atoms with E-state index in [4.69, 9.17) is 0 Å². The Morgan fingerprint density at radius 2 is 1.51 bits per heavy atom. The van der Waals surface area contributed by atoms with Gasteiger partial charge in [0.2, 0.25) is 5.91 Å². The zero-order valence-corrected chi connectivity index (χ0v) is 22.4. The second kappa shape index (κ2) is 12.0. The number of piperazine rings is 1. The molecule has 0 bridgehead atoms. The summed E-state index contributed by atoms with van der Waals surface area (Å²) >= 11 is 0. The van der Waals surface area contributed by atoms with Crippen LogP contribution >= 0.6 is 0 Å². The number of halogens is 3. The van der Waals surface area contributed by atoms with E-state index >= 15 is 0 Å². The van der Waals surface area contributed by atoms with Gasteiger partial charge in [-0.2, -0.15) is 13.2 Å². The highest BCUT2D eigenvalue weighted by molar-refractivity contribution is 5.94. The number of hydrogen-bond donors (Lipinski definition) is 0. The number of rotatable bonds is 8. The molecule has 2 aromatic rings. The third kappa shape index (κ3) is 6.75. The maximum absolute atomic E-state index is 13.0. The Bertz CT molecular complexity index is 1170. The van der Waals surface area contributed by atoms with Gasteiger partial charge in [-0.05, 0) is 73.7 Å². The quantitative estimate of drug-likeness (QED) is 0.432. The van der Waals surface area contributed by atoms with Crippen LogP contribution in [0.2, 0.25) is 0 Å². The van der Waals surface area contributed by atoms with E-state index in [0.29, 0.717) is 38.3 Å². The number of carbonyl (C=O) groups is 2. The zero-order chi connectivity index (χ0) is 27.4. The number of amides is 2. The molecule has 3 aliphatic heterocycles. The van der Waals surface area contributed by atoms with Crippen LogP contribution in [-0.4, -0.2) is 72.3 Å². The van der Waals surface area contributed by atoms with Gasteiger partial charge in [0, 0.05) is 70.0 Å². The van der Waals surface area contributed by atoms with E-state index in [0.717, 1.165) is 87.6 Å². The molecule has 210 valence electrons. The van der Waals surface area contributed by atoms with Gasteiger partial charge in [-0.25, -0.2) is 0 Å². The van der Waals surface area contributed by atoms with Gasteiger partial charge in [0.1, 0.15) is 0 Å². The van der Waals surface area contributed by atoms with Gasteiger partial charge < -0.3 is 14.7 Å². The van der Waals surface area contributed by atoms with Gasteiger partial charge in [0.25, 0.3) is 5.91 Å². The molecule has 2 aromatic carbocycles. The molecule has 0 radical (unpaired) electrons. The Balaban J connectivity index is 0.990. The van der Waals surface area contributed by atoms with Crippen molar-refractivity contribution >= 4 is 17.5 Å². The molecule has 0 atom stereocenters. The van der Waals surface area contributed by atoms with Crippen LogP contribution < -0.4 is 4.90 Å². The summed E-state index contributed by atoms with van der Waals surface area (Å²) in [4.78, 5) is 33.7. The van der Waals surface area contributed by atoms with E-state index in [1.165, 1.54) is 12.1 Å². The Labute approximate surface area is 228 Å². The van der Waals surface area contributed by atoms with E-state index in [-0.39, 0.29) is 11.8 Å². The Morgan fingerprint density at radius 3 is 2.26 bits per heavy atom. The lowest BCUT2D eigenvalue weighted by Crippen LogP contribution is -2.46. The van der Waals surface area contributed by atoms with Crippen molar-refractivity contribution in [1.82, 2.24) is 14.7 Å². The summed E-state index contributed by atoms with van der Waals surface area (Å²) in [5.41, 5.74) is 2.96. The summed E-state index contributed by atoms with van der Waals surface area (Å²) in [6.07, 6.45) is 1.14. The van der Waals surface area contributed by atoms with Gasteiger partial charge in [-0.1, -0.05) is 18.6 Å². The van der Waals surface area contributed by atoms with Crippen LogP contribution in [0.3, 0.4) is 0 Å². The first-order chi connectivity index (χ1) is 18.8. The van der Waals surface area contributed by atoms with Gasteiger partial charge in [-0.3, -0.25) is 14.5 Å². The minimum absolute atomic E-state index is 0.0946. The van der Waals surface area contributed by atoms with Crippen molar-refractivity contribution in [1.29, 1.82) is 0 Å². The van der Waals surface area contributed by atoms with Crippen molar-refractivity contribution in [2.45, 2.75) is 57.8 Å². The smallest absolute Gasteiger partial charge is 0.369 e. The van der Waals surface area contributed by atoms with Crippen molar-refractivity contribution in [2.75, 3.05) is 50.7 Å². The first-order valence-corrected chi connectivity index (χ1v) is 14.1. The lowest BCUT2D eigenvalue weighted by molar-refractivity contribution is -0.137. The first kappa shape index (κ1) is 27.5. The molecule has 0 N–H and O–H groups in total.